The molecule has 8 nitrogen and oxygen atoms in total. The first-order chi connectivity index (χ1) is 9.11. The third-order valence-corrected chi connectivity index (χ3v) is 3.41. The molecule has 0 unspecified atom stereocenters. The summed E-state index contributed by atoms with van der Waals surface area (Å²) in [5.41, 5.74) is 6.66. The van der Waals surface area contributed by atoms with Gasteiger partial charge in [-0.05, 0) is 0 Å². The van der Waals surface area contributed by atoms with E-state index in [1.54, 1.807) is 4.57 Å². The van der Waals surface area contributed by atoms with E-state index < -0.39 is 18.4 Å². The third-order valence-electron chi connectivity index (χ3n) is 3.13. The van der Waals surface area contributed by atoms with Crippen molar-refractivity contribution in [2.24, 2.45) is 0 Å². The Morgan fingerprint density at radius 1 is 1.53 bits per heavy atom. The van der Waals surface area contributed by atoms with Gasteiger partial charge in [0.1, 0.15) is 24.2 Å². The number of nitrogens with zero attached hydrogens (tertiary/aromatic N) is 4. The average molecular weight is 286 g/mol. The molecule has 0 bridgehead atoms. The number of ether oxygens (including phenoxy) is 1. The molecule has 19 heavy (non-hydrogen) atoms. The summed E-state index contributed by atoms with van der Waals surface area (Å²) in [6.45, 7) is -0.264. The molecular formula is C10H12ClN5O3. The first-order valence-electron chi connectivity index (χ1n) is 5.70. The van der Waals surface area contributed by atoms with Crippen LogP contribution in [0.15, 0.2) is 6.33 Å². The number of nitrogens with two attached hydrogens (primary N) is 1. The van der Waals surface area contributed by atoms with Crippen molar-refractivity contribution < 1.29 is 14.9 Å². The Kier molecular flexibility index (Phi) is 3.02. The molecule has 3 rings (SSSR count). The molecule has 1 aliphatic heterocycles. The molecule has 0 aromatic carbocycles. The number of halogens is 1. The highest BCUT2D eigenvalue weighted by Gasteiger charge is 2.36. The monoisotopic (exact) mass is 285 g/mol. The van der Waals surface area contributed by atoms with Crippen LogP contribution in [-0.2, 0) is 4.74 Å². The fraction of sp³-hybridized carbons (Fsp3) is 0.500. The number of rotatable bonds is 2. The van der Waals surface area contributed by atoms with Gasteiger partial charge < -0.3 is 20.7 Å². The SMILES string of the molecule is Nc1nc2c(Cl)ncnc2n1[C@H]1C[C@@H](O)[C@H](CO)O1. The predicted octanol–water partition coefficient (Wildman–Crippen LogP) is -0.297. The zero-order chi connectivity index (χ0) is 13.6. The van der Waals surface area contributed by atoms with Crippen molar-refractivity contribution in [1.82, 2.24) is 19.5 Å². The quantitative estimate of drug-likeness (QED) is 0.648. The van der Waals surface area contributed by atoms with Gasteiger partial charge in [0, 0.05) is 6.42 Å². The molecule has 0 saturated carbocycles. The maximum Gasteiger partial charge on any atom is 0.204 e. The van der Waals surface area contributed by atoms with Crippen molar-refractivity contribution >= 4 is 28.7 Å². The minimum atomic E-state index is -0.760. The van der Waals surface area contributed by atoms with E-state index in [2.05, 4.69) is 15.0 Å². The van der Waals surface area contributed by atoms with Crippen molar-refractivity contribution in [2.45, 2.75) is 24.9 Å². The first kappa shape index (κ1) is 12.5. The molecule has 9 heteroatoms. The van der Waals surface area contributed by atoms with Crippen molar-refractivity contribution in [3.8, 4) is 0 Å². The fourth-order valence-electron chi connectivity index (χ4n) is 2.22. The molecular weight excluding hydrogens is 274 g/mol. The van der Waals surface area contributed by atoms with Crippen LogP contribution in [-0.4, -0.2) is 48.5 Å². The van der Waals surface area contributed by atoms with Gasteiger partial charge in [-0.2, -0.15) is 0 Å². The maximum atomic E-state index is 9.76. The number of fused-ring (bicyclic) bond motifs is 1. The summed E-state index contributed by atoms with van der Waals surface area (Å²) >= 11 is 5.92. The van der Waals surface area contributed by atoms with E-state index in [9.17, 15) is 5.11 Å². The molecule has 1 saturated heterocycles. The Bertz CT molecular complexity index is 618. The van der Waals surface area contributed by atoms with Crippen molar-refractivity contribution in [2.75, 3.05) is 12.3 Å². The Morgan fingerprint density at radius 2 is 2.32 bits per heavy atom. The average Bonchev–Trinajstić information content (AvgIpc) is 2.90. The van der Waals surface area contributed by atoms with Crippen LogP contribution in [0.5, 0.6) is 0 Å². The zero-order valence-electron chi connectivity index (χ0n) is 9.77. The summed E-state index contributed by atoms with van der Waals surface area (Å²) in [6.07, 6.45) is -0.342. The summed E-state index contributed by atoms with van der Waals surface area (Å²) in [6, 6.07) is 0. The number of aliphatic hydroxyl groups excluding tert-OH is 2. The van der Waals surface area contributed by atoms with Crippen LogP contribution >= 0.6 is 11.6 Å². The van der Waals surface area contributed by atoms with Crippen molar-refractivity contribution in [3.05, 3.63) is 11.5 Å². The second-order valence-electron chi connectivity index (χ2n) is 4.29. The molecule has 0 amide bonds. The van der Waals surface area contributed by atoms with Crippen LogP contribution in [0.2, 0.25) is 5.15 Å². The van der Waals surface area contributed by atoms with E-state index in [0.717, 1.165) is 0 Å². The molecule has 2 aromatic heterocycles. The number of hydrogen-bond donors (Lipinski definition) is 3. The number of anilines is 1. The zero-order valence-corrected chi connectivity index (χ0v) is 10.5. The van der Waals surface area contributed by atoms with Crippen molar-refractivity contribution in [3.63, 3.8) is 0 Å². The largest absolute Gasteiger partial charge is 0.394 e. The molecule has 102 valence electrons. The van der Waals surface area contributed by atoms with Gasteiger partial charge >= 0.3 is 0 Å². The van der Waals surface area contributed by atoms with E-state index in [1.807, 2.05) is 0 Å². The topological polar surface area (TPSA) is 119 Å². The van der Waals surface area contributed by atoms with Gasteiger partial charge in [0.2, 0.25) is 5.95 Å². The Balaban J connectivity index is 2.06. The van der Waals surface area contributed by atoms with Gasteiger partial charge in [-0.3, -0.25) is 4.57 Å². The number of imidazole rings is 1. The minimum absolute atomic E-state index is 0.174. The van der Waals surface area contributed by atoms with Gasteiger partial charge in [-0.15, -0.1) is 0 Å². The molecule has 4 N–H and O–H groups in total. The van der Waals surface area contributed by atoms with E-state index in [0.29, 0.717) is 17.6 Å². The van der Waals surface area contributed by atoms with E-state index in [-0.39, 0.29) is 17.7 Å². The lowest BCUT2D eigenvalue weighted by molar-refractivity contribution is -0.0425. The fourth-order valence-corrected chi connectivity index (χ4v) is 2.39. The second kappa shape index (κ2) is 4.57. The highest BCUT2D eigenvalue weighted by atomic mass is 35.5. The summed E-state index contributed by atoms with van der Waals surface area (Å²) in [5, 5.41) is 19.0. The predicted molar refractivity (Wildman–Crippen MR) is 66.4 cm³/mol. The third kappa shape index (κ3) is 1.93. The van der Waals surface area contributed by atoms with Crippen LogP contribution in [0, 0.1) is 0 Å². The second-order valence-corrected chi connectivity index (χ2v) is 4.65. The van der Waals surface area contributed by atoms with E-state index in [1.165, 1.54) is 6.33 Å². The van der Waals surface area contributed by atoms with Crippen molar-refractivity contribution in [1.29, 1.82) is 0 Å². The molecule has 1 fully saturated rings. The summed E-state index contributed by atoms with van der Waals surface area (Å²) in [4.78, 5) is 12.0. The lowest BCUT2D eigenvalue weighted by Crippen LogP contribution is -2.24. The summed E-state index contributed by atoms with van der Waals surface area (Å²) in [5.74, 6) is 0.174. The van der Waals surface area contributed by atoms with Crippen LogP contribution < -0.4 is 5.73 Å². The normalized spacial score (nSPS) is 27.2. The highest BCUT2D eigenvalue weighted by molar-refractivity contribution is 6.33. The number of nitrogen functional groups attached to an aromatic ring is 1. The standard InChI is InChI=1S/C10H12ClN5O3/c11-8-7-9(14-3-13-8)16(10(12)15-7)6-1-4(18)5(2-17)19-6/h3-6,17-18H,1-2H2,(H2,12,15)/t4-,5+,6-/m1/s1. The van der Waals surface area contributed by atoms with Crippen LogP contribution in [0.4, 0.5) is 5.95 Å². The van der Waals surface area contributed by atoms with E-state index in [4.69, 9.17) is 27.2 Å². The minimum Gasteiger partial charge on any atom is -0.394 e. The number of aliphatic hydroxyl groups is 2. The van der Waals surface area contributed by atoms with Gasteiger partial charge in [-0.1, -0.05) is 11.6 Å². The lowest BCUT2D eigenvalue weighted by Gasteiger charge is -2.14. The molecule has 0 spiro atoms. The smallest absolute Gasteiger partial charge is 0.204 e. The molecule has 1 aliphatic rings. The van der Waals surface area contributed by atoms with E-state index >= 15 is 0 Å². The van der Waals surface area contributed by atoms with Gasteiger partial charge in [0.05, 0.1) is 12.7 Å². The first-order valence-corrected chi connectivity index (χ1v) is 6.08. The van der Waals surface area contributed by atoms with Gasteiger partial charge in [0.15, 0.2) is 10.8 Å². The maximum absolute atomic E-state index is 9.76. The lowest BCUT2D eigenvalue weighted by atomic mass is 10.2. The van der Waals surface area contributed by atoms with Crippen LogP contribution in [0.1, 0.15) is 12.6 Å². The number of hydrogen-bond acceptors (Lipinski definition) is 7. The summed E-state index contributed by atoms with van der Waals surface area (Å²) in [7, 11) is 0. The highest BCUT2D eigenvalue weighted by Crippen LogP contribution is 2.33. The molecule has 3 atom stereocenters. The Hall–Kier alpha value is -1.48. The van der Waals surface area contributed by atoms with Crippen LogP contribution in [0.25, 0.3) is 11.2 Å². The summed E-state index contributed by atoms with van der Waals surface area (Å²) < 4.78 is 7.08. The van der Waals surface area contributed by atoms with Gasteiger partial charge in [0.25, 0.3) is 0 Å². The molecule has 0 aliphatic carbocycles. The molecule has 2 aromatic rings. The Morgan fingerprint density at radius 3 is 3.00 bits per heavy atom. The van der Waals surface area contributed by atoms with Gasteiger partial charge in [-0.25, -0.2) is 15.0 Å². The Labute approximate surface area is 112 Å². The number of aromatic nitrogens is 4. The van der Waals surface area contributed by atoms with Crippen LogP contribution in [0.3, 0.4) is 0 Å². The molecule has 3 heterocycles. The molecule has 0 radical (unpaired) electrons.